The van der Waals surface area contributed by atoms with Gasteiger partial charge in [-0.2, -0.15) is 0 Å². The van der Waals surface area contributed by atoms with Crippen LogP contribution in [-0.2, 0) is 20.5 Å². The summed E-state index contributed by atoms with van der Waals surface area (Å²) in [5.41, 5.74) is 7.21. The second-order valence-corrected chi connectivity index (χ2v) is 9.59. The lowest BCUT2D eigenvalue weighted by Gasteiger charge is -2.23. The monoisotopic (exact) mass is 387 g/mol. The number of rotatable bonds is 2. The Morgan fingerprint density at radius 3 is 2.82 bits per heavy atom. The van der Waals surface area contributed by atoms with Gasteiger partial charge in [0.15, 0.2) is 0 Å². The Balaban J connectivity index is 1.51. The van der Waals surface area contributed by atoms with Crippen LogP contribution in [-0.4, -0.2) is 15.2 Å². The molecule has 2 aliphatic rings. The molecule has 0 radical (unpaired) electrons. The summed E-state index contributed by atoms with van der Waals surface area (Å²) in [6.07, 6.45) is 6.02. The molecule has 2 aromatic carbocycles. The first-order valence-corrected chi connectivity index (χ1v) is 11.0. The Morgan fingerprint density at radius 1 is 1.07 bits per heavy atom. The van der Waals surface area contributed by atoms with E-state index in [9.17, 15) is 0 Å². The van der Waals surface area contributed by atoms with Crippen LogP contribution in [0.15, 0.2) is 52.4 Å². The topological polar surface area (TPSA) is 21.9 Å². The predicted molar refractivity (Wildman–Crippen MR) is 117 cm³/mol. The lowest BCUT2D eigenvalue weighted by Crippen LogP contribution is -2.32. The molecule has 0 amide bonds. The number of aromatic nitrogens is 2. The zero-order valence-electron chi connectivity index (χ0n) is 16.6. The van der Waals surface area contributed by atoms with Crippen molar-refractivity contribution < 1.29 is 0 Å². The standard InChI is InChI=1S/C24H25N3S/c1-14-10-16(28-22-13-26(2)20-7-5-4-6-17(20)22)12-18-23-19-9-8-15(25-19)11-21(23)27(3)24(14)18/h4-7,10,12-13,15,19,25H,8-9,11H2,1-3H3. The number of para-hydroxylation sites is 1. The van der Waals surface area contributed by atoms with Crippen LogP contribution in [0.4, 0.5) is 0 Å². The van der Waals surface area contributed by atoms with Gasteiger partial charge in [0.1, 0.15) is 0 Å². The molecule has 28 heavy (non-hydrogen) atoms. The van der Waals surface area contributed by atoms with E-state index in [1.807, 2.05) is 11.8 Å². The van der Waals surface area contributed by atoms with E-state index in [0.29, 0.717) is 12.1 Å². The average molecular weight is 388 g/mol. The lowest BCUT2D eigenvalue weighted by molar-refractivity contribution is 0.503. The number of benzene rings is 2. The van der Waals surface area contributed by atoms with E-state index >= 15 is 0 Å². The van der Waals surface area contributed by atoms with Crippen molar-refractivity contribution >= 4 is 33.6 Å². The van der Waals surface area contributed by atoms with Gasteiger partial charge in [-0.25, -0.2) is 0 Å². The maximum atomic E-state index is 3.84. The van der Waals surface area contributed by atoms with Crippen molar-refractivity contribution in [3.05, 3.63) is 59.4 Å². The van der Waals surface area contributed by atoms with E-state index in [4.69, 9.17) is 0 Å². The fourth-order valence-corrected chi connectivity index (χ4v) is 6.68. The Morgan fingerprint density at radius 2 is 1.93 bits per heavy atom. The molecular formula is C24H25N3S. The van der Waals surface area contributed by atoms with Gasteiger partial charge >= 0.3 is 0 Å². The van der Waals surface area contributed by atoms with E-state index in [0.717, 1.165) is 0 Å². The third-order valence-corrected chi connectivity index (χ3v) is 7.75. The number of nitrogens with zero attached hydrogens (tertiary/aromatic N) is 2. The minimum atomic E-state index is 0.537. The van der Waals surface area contributed by atoms with Crippen molar-refractivity contribution in [2.45, 2.75) is 48.1 Å². The van der Waals surface area contributed by atoms with Gasteiger partial charge in [-0.1, -0.05) is 30.0 Å². The number of nitrogens with one attached hydrogen (secondary N) is 1. The smallest absolute Gasteiger partial charge is 0.0513 e. The molecule has 0 saturated carbocycles. The van der Waals surface area contributed by atoms with E-state index < -0.39 is 0 Å². The summed E-state index contributed by atoms with van der Waals surface area (Å²) in [4.78, 5) is 2.68. The molecule has 142 valence electrons. The summed E-state index contributed by atoms with van der Waals surface area (Å²) in [6.45, 7) is 2.27. The molecular weight excluding hydrogens is 362 g/mol. The van der Waals surface area contributed by atoms with Gasteiger partial charge in [0, 0.05) is 70.6 Å². The van der Waals surface area contributed by atoms with Gasteiger partial charge in [0.25, 0.3) is 0 Å². The van der Waals surface area contributed by atoms with Crippen LogP contribution < -0.4 is 5.32 Å². The van der Waals surface area contributed by atoms with Crippen molar-refractivity contribution in [1.82, 2.24) is 14.5 Å². The van der Waals surface area contributed by atoms with E-state index in [1.54, 1.807) is 11.3 Å². The van der Waals surface area contributed by atoms with Gasteiger partial charge < -0.3 is 14.5 Å². The summed E-state index contributed by atoms with van der Waals surface area (Å²) < 4.78 is 4.70. The number of aryl methyl sites for hydroxylation is 3. The molecule has 2 atom stereocenters. The van der Waals surface area contributed by atoms with Crippen LogP contribution in [0.2, 0.25) is 0 Å². The molecule has 4 heteroatoms. The largest absolute Gasteiger partial charge is 0.349 e. The van der Waals surface area contributed by atoms with Gasteiger partial charge in [-0.3, -0.25) is 0 Å². The van der Waals surface area contributed by atoms with Crippen LogP contribution in [0.1, 0.15) is 35.7 Å². The maximum Gasteiger partial charge on any atom is 0.0513 e. The highest BCUT2D eigenvalue weighted by Crippen LogP contribution is 2.44. The molecule has 2 aromatic heterocycles. The van der Waals surface area contributed by atoms with Crippen LogP contribution >= 0.6 is 11.8 Å². The number of hydrogen-bond donors (Lipinski definition) is 1. The highest BCUT2D eigenvalue weighted by Gasteiger charge is 2.36. The molecule has 2 aliphatic heterocycles. The first kappa shape index (κ1) is 16.8. The first-order chi connectivity index (χ1) is 13.6. The van der Waals surface area contributed by atoms with Crippen molar-refractivity contribution in [1.29, 1.82) is 0 Å². The molecule has 0 aliphatic carbocycles. The van der Waals surface area contributed by atoms with Crippen LogP contribution in [0, 0.1) is 6.92 Å². The minimum Gasteiger partial charge on any atom is -0.349 e. The molecule has 4 aromatic rings. The normalized spacial score (nSPS) is 21.0. The van der Waals surface area contributed by atoms with Crippen LogP contribution in [0.3, 0.4) is 0 Å². The van der Waals surface area contributed by atoms with Crippen LogP contribution in [0.5, 0.6) is 0 Å². The minimum absolute atomic E-state index is 0.537. The first-order valence-electron chi connectivity index (χ1n) is 10.2. The van der Waals surface area contributed by atoms with Crippen molar-refractivity contribution in [2.24, 2.45) is 14.1 Å². The highest BCUT2D eigenvalue weighted by atomic mass is 32.2. The molecule has 1 saturated heterocycles. The van der Waals surface area contributed by atoms with Gasteiger partial charge in [0.2, 0.25) is 0 Å². The Hall–Kier alpha value is -2.17. The van der Waals surface area contributed by atoms with Gasteiger partial charge in [-0.15, -0.1) is 0 Å². The van der Waals surface area contributed by atoms with Gasteiger partial charge in [-0.05, 0) is 49.1 Å². The SMILES string of the molecule is Cc1cc(Sc2cn(C)c3ccccc23)cc2c3c(n(C)c12)CC1CCC3N1. The fourth-order valence-electron chi connectivity index (χ4n) is 5.52. The van der Waals surface area contributed by atoms with Crippen LogP contribution in [0.25, 0.3) is 21.8 Å². The second kappa shape index (κ2) is 5.91. The van der Waals surface area contributed by atoms with Crippen molar-refractivity contribution in [3.63, 3.8) is 0 Å². The predicted octanol–water partition coefficient (Wildman–Crippen LogP) is 5.48. The summed E-state index contributed by atoms with van der Waals surface area (Å²) in [7, 11) is 4.40. The summed E-state index contributed by atoms with van der Waals surface area (Å²) in [5, 5.41) is 6.64. The number of fused-ring (bicyclic) bond motifs is 7. The summed E-state index contributed by atoms with van der Waals surface area (Å²) >= 11 is 1.90. The molecule has 4 heterocycles. The highest BCUT2D eigenvalue weighted by molar-refractivity contribution is 7.99. The zero-order valence-corrected chi connectivity index (χ0v) is 17.4. The molecule has 2 bridgehead atoms. The van der Waals surface area contributed by atoms with E-state index in [1.165, 1.54) is 56.4 Å². The third-order valence-electron chi connectivity index (χ3n) is 6.73. The maximum absolute atomic E-state index is 3.84. The summed E-state index contributed by atoms with van der Waals surface area (Å²) in [6, 6.07) is 14.7. The van der Waals surface area contributed by atoms with E-state index in [-0.39, 0.29) is 0 Å². The van der Waals surface area contributed by atoms with Crippen molar-refractivity contribution in [2.75, 3.05) is 0 Å². The lowest BCUT2D eigenvalue weighted by atomic mass is 9.98. The second-order valence-electron chi connectivity index (χ2n) is 8.48. The number of hydrogen-bond acceptors (Lipinski definition) is 2. The zero-order chi connectivity index (χ0) is 19.0. The Labute approximate surface area is 169 Å². The Kier molecular flexibility index (Phi) is 3.54. The van der Waals surface area contributed by atoms with Crippen molar-refractivity contribution in [3.8, 4) is 0 Å². The molecule has 1 fully saturated rings. The molecule has 0 spiro atoms. The molecule has 1 N–H and O–H groups in total. The Bertz CT molecular complexity index is 1250. The fraction of sp³-hybridized carbons (Fsp3) is 0.333. The molecule has 2 unspecified atom stereocenters. The molecule has 6 rings (SSSR count). The average Bonchev–Trinajstić information content (AvgIpc) is 3.30. The molecule has 3 nitrogen and oxygen atoms in total. The quantitative estimate of drug-likeness (QED) is 0.492. The van der Waals surface area contributed by atoms with Gasteiger partial charge in [0.05, 0.1) is 5.52 Å². The summed E-state index contributed by atoms with van der Waals surface area (Å²) in [5.74, 6) is 0. The van der Waals surface area contributed by atoms with E-state index in [2.05, 4.69) is 78.1 Å². The third kappa shape index (κ3) is 2.28.